The van der Waals surface area contributed by atoms with Gasteiger partial charge in [0.25, 0.3) is 5.69 Å². The zero-order valence-electron chi connectivity index (χ0n) is 12.1. The Balaban J connectivity index is 2.21. The number of hydrogen-bond acceptors (Lipinski definition) is 4. The van der Waals surface area contributed by atoms with Crippen LogP contribution in [0.4, 0.5) is 5.69 Å². The van der Waals surface area contributed by atoms with E-state index in [2.05, 4.69) is 31.3 Å². The molecule has 2 aromatic rings. The van der Waals surface area contributed by atoms with Crippen molar-refractivity contribution in [3.8, 4) is 0 Å². The van der Waals surface area contributed by atoms with Crippen LogP contribution in [0, 0.1) is 17.0 Å². The van der Waals surface area contributed by atoms with Crippen molar-refractivity contribution in [1.29, 1.82) is 0 Å². The second-order valence-corrected chi connectivity index (χ2v) is 5.81. The van der Waals surface area contributed by atoms with Crippen molar-refractivity contribution in [3.05, 3.63) is 63.7 Å². The fourth-order valence-corrected chi connectivity index (χ4v) is 3.03. The van der Waals surface area contributed by atoms with Crippen molar-refractivity contribution in [2.75, 3.05) is 6.54 Å². The summed E-state index contributed by atoms with van der Waals surface area (Å²) in [5.41, 5.74) is 2.60. The highest BCUT2D eigenvalue weighted by Gasteiger charge is 2.13. The van der Waals surface area contributed by atoms with E-state index in [1.807, 2.05) is 12.1 Å². The molecule has 21 heavy (non-hydrogen) atoms. The molecule has 0 aromatic heterocycles. The summed E-state index contributed by atoms with van der Waals surface area (Å²) in [5.74, 6) is 0. The number of rotatable bonds is 6. The van der Waals surface area contributed by atoms with Crippen LogP contribution in [0.15, 0.2) is 52.3 Å². The lowest BCUT2D eigenvalue weighted by molar-refractivity contribution is -0.387. The molecule has 4 nitrogen and oxygen atoms in total. The van der Waals surface area contributed by atoms with Gasteiger partial charge in [0.1, 0.15) is 0 Å². The van der Waals surface area contributed by atoms with Crippen molar-refractivity contribution < 1.29 is 4.92 Å². The van der Waals surface area contributed by atoms with Gasteiger partial charge in [0.05, 0.1) is 9.82 Å². The third-order valence-corrected chi connectivity index (χ3v) is 4.22. The van der Waals surface area contributed by atoms with Crippen LogP contribution in [0.2, 0.25) is 0 Å². The van der Waals surface area contributed by atoms with E-state index in [1.54, 1.807) is 12.1 Å². The van der Waals surface area contributed by atoms with Gasteiger partial charge in [-0.2, -0.15) is 0 Å². The molecule has 0 heterocycles. The van der Waals surface area contributed by atoms with Crippen LogP contribution in [0.3, 0.4) is 0 Å². The van der Waals surface area contributed by atoms with E-state index in [1.165, 1.54) is 29.0 Å². The van der Waals surface area contributed by atoms with E-state index in [4.69, 9.17) is 0 Å². The molecule has 2 aromatic carbocycles. The van der Waals surface area contributed by atoms with Gasteiger partial charge in [-0.25, -0.2) is 0 Å². The molecular formula is C16H18N2O2S. The lowest BCUT2D eigenvalue weighted by atomic mass is 10.1. The first-order valence-electron chi connectivity index (χ1n) is 6.83. The number of nitrogens with one attached hydrogen (secondary N) is 1. The molecule has 0 unspecified atom stereocenters. The van der Waals surface area contributed by atoms with Gasteiger partial charge in [-0.05, 0) is 42.8 Å². The highest BCUT2D eigenvalue weighted by molar-refractivity contribution is 7.99. The van der Waals surface area contributed by atoms with E-state index in [0.29, 0.717) is 4.90 Å². The zero-order valence-corrected chi connectivity index (χ0v) is 12.9. The molecule has 0 radical (unpaired) electrons. The van der Waals surface area contributed by atoms with Gasteiger partial charge >= 0.3 is 0 Å². The molecule has 0 atom stereocenters. The van der Waals surface area contributed by atoms with Gasteiger partial charge < -0.3 is 5.32 Å². The van der Waals surface area contributed by atoms with Crippen LogP contribution < -0.4 is 5.32 Å². The maximum atomic E-state index is 11.0. The summed E-state index contributed by atoms with van der Waals surface area (Å²) in [7, 11) is 0. The Morgan fingerprint density at radius 3 is 2.67 bits per heavy atom. The first-order valence-corrected chi connectivity index (χ1v) is 7.65. The summed E-state index contributed by atoms with van der Waals surface area (Å²) in [6.45, 7) is 5.93. The first-order chi connectivity index (χ1) is 10.1. The van der Waals surface area contributed by atoms with E-state index in [9.17, 15) is 10.1 Å². The Morgan fingerprint density at radius 1 is 1.24 bits per heavy atom. The second-order valence-electron chi connectivity index (χ2n) is 4.70. The van der Waals surface area contributed by atoms with E-state index in [0.717, 1.165) is 18.0 Å². The number of nitrogens with zero attached hydrogens (tertiary/aromatic N) is 1. The molecule has 110 valence electrons. The maximum Gasteiger partial charge on any atom is 0.283 e. The Kier molecular flexibility index (Phi) is 5.36. The predicted molar refractivity (Wildman–Crippen MR) is 85.8 cm³/mol. The van der Waals surface area contributed by atoms with Crippen molar-refractivity contribution in [1.82, 2.24) is 5.32 Å². The van der Waals surface area contributed by atoms with Crippen LogP contribution in [0.5, 0.6) is 0 Å². The normalized spacial score (nSPS) is 10.6. The molecule has 0 amide bonds. The van der Waals surface area contributed by atoms with Crippen LogP contribution in [-0.4, -0.2) is 11.5 Å². The number of nitro groups is 1. The molecule has 0 aliphatic rings. The van der Waals surface area contributed by atoms with Crippen molar-refractivity contribution in [2.24, 2.45) is 0 Å². The Bertz CT molecular complexity index is 644. The van der Waals surface area contributed by atoms with Crippen molar-refractivity contribution in [2.45, 2.75) is 30.2 Å². The third kappa shape index (κ3) is 4.06. The minimum absolute atomic E-state index is 0.150. The lowest BCUT2D eigenvalue weighted by Crippen LogP contribution is -2.12. The molecule has 0 fully saturated rings. The van der Waals surface area contributed by atoms with Gasteiger partial charge in [-0.1, -0.05) is 36.9 Å². The smallest absolute Gasteiger partial charge is 0.283 e. The monoisotopic (exact) mass is 302 g/mol. The van der Waals surface area contributed by atoms with Crippen LogP contribution in [0.25, 0.3) is 0 Å². The molecular weight excluding hydrogens is 284 g/mol. The minimum atomic E-state index is -0.339. The zero-order chi connectivity index (χ0) is 15.2. The Labute approximate surface area is 128 Å². The van der Waals surface area contributed by atoms with Gasteiger partial charge in [0.15, 0.2) is 0 Å². The molecule has 5 heteroatoms. The van der Waals surface area contributed by atoms with Crippen LogP contribution in [0.1, 0.15) is 18.1 Å². The van der Waals surface area contributed by atoms with Crippen molar-refractivity contribution in [3.63, 3.8) is 0 Å². The SMILES string of the molecule is CCNCc1ccc(Sc2ccccc2[N+](=O)[O-])cc1C. The second kappa shape index (κ2) is 7.24. The molecule has 0 bridgehead atoms. The fourth-order valence-electron chi connectivity index (χ4n) is 2.01. The first kappa shape index (κ1) is 15.5. The molecule has 0 saturated heterocycles. The lowest BCUT2D eigenvalue weighted by Gasteiger charge is -2.09. The topological polar surface area (TPSA) is 55.2 Å². The predicted octanol–water partition coefficient (Wildman–Crippen LogP) is 4.16. The number of nitro benzene ring substituents is 1. The molecule has 0 aliphatic heterocycles. The quantitative estimate of drug-likeness (QED) is 0.643. The molecule has 0 saturated carbocycles. The summed E-state index contributed by atoms with van der Waals surface area (Å²) >= 11 is 1.43. The maximum absolute atomic E-state index is 11.0. The van der Waals surface area contributed by atoms with Crippen LogP contribution in [-0.2, 0) is 6.54 Å². The molecule has 0 spiro atoms. The summed E-state index contributed by atoms with van der Waals surface area (Å²) in [6.07, 6.45) is 0. The highest BCUT2D eigenvalue weighted by atomic mass is 32.2. The Hall–Kier alpha value is -1.85. The number of para-hydroxylation sites is 1. The van der Waals surface area contributed by atoms with Gasteiger partial charge in [0, 0.05) is 17.5 Å². The Morgan fingerprint density at radius 2 is 2.00 bits per heavy atom. The van der Waals surface area contributed by atoms with Crippen LogP contribution >= 0.6 is 11.8 Å². The number of aryl methyl sites for hydroxylation is 1. The minimum Gasteiger partial charge on any atom is -0.313 e. The standard InChI is InChI=1S/C16H18N2O2S/c1-3-17-11-13-8-9-14(10-12(13)2)21-16-7-5-4-6-15(16)18(19)20/h4-10,17H,3,11H2,1-2H3. The van der Waals surface area contributed by atoms with Crippen molar-refractivity contribution >= 4 is 17.4 Å². The van der Waals surface area contributed by atoms with Gasteiger partial charge in [0.2, 0.25) is 0 Å². The van der Waals surface area contributed by atoms with E-state index in [-0.39, 0.29) is 10.6 Å². The number of hydrogen-bond donors (Lipinski definition) is 1. The van der Waals surface area contributed by atoms with Gasteiger partial charge in [-0.15, -0.1) is 0 Å². The summed E-state index contributed by atoms with van der Waals surface area (Å²) in [6, 6.07) is 13.0. The summed E-state index contributed by atoms with van der Waals surface area (Å²) < 4.78 is 0. The van der Waals surface area contributed by atoms with Gasteiger partial charge in [-0.3, -0.25) is 10.1 Å². The summed E-state index contributed by atoms with van der Waals surface area (Å²) in [4.78, 5) is 12.4. The van der Waals surface area contributed by atoms with E-state index < -0.39 is 0 Å². The average molecular weight is 302 g/mol. The molecule has 1 N–H and O–H groups in total. The number of benzene rings is 2. The summed E-state index contributed by atoms with van der Waals surface area (Å²) in [5, 5.41) is 14.3. The largest absolute Gasteiger partial charge is 0.313 e. The highest BCUT2D eigenvalue weighted by Crippen LogP contribution is 2.35. The molecule has 0 aliphatic carbocycles. The molecule has 2 rings (SSSR count). The van der Waals surface area contributed by atoms with E-state index >= 15 is 0 Å². The fraction of sp³-hybridized carbons (Fsp3) is 0.250. The third-order valence-electron chi connectivity index (χ3n) is 3.17. The average Bonchev–Trinajstić information content (AvgIpc) is 2.47.